The highest BCUT2D eigenvalue weighted by Gasteiger charge is 2.11. The van der Waals surface area contributed by atoms with Crippen LogP contribution in [0.5, 0.6) is 0 Å². The lowest BCUT2D eigenvalue weighted by Crippen LogP contribution is -2.18. The smallest absolute Gasteiger partial charge is 0.255 e. The fourth-order valence-electron chi connectivity index (χ4n) is 1.69. The lowest BCUT2D eigenvalue weighted by Gasteiger charge is -2.08. The van der Waals surface area contributed by atoms with Crippen molar-refractivity contribution in [1.29, 1.82) is 0 Å². The van der Waals surface area contributed by atoms with E-state index in [1.807, 2.05) is 0 Å². The van der Waals surface area contributed by atoms with Gasteiger partial charge in [-0.15, -0.1) is 0 Å². The molecule has 3 amide bonds. The van der Waals surface area contributed by atoms with E-state index < -0.39 is 17.7 Å². The molecule has 2 aromatic rings. The zero-order valence-corrected chi connectivity index (χ0v) is 10.9. The topological polar surface area (TPSA) is 128 Å². The van der Waals surface area contributed by atoms with Gasteiger partial charge in [-0.2, -0.15) is 0 Å². The molecule has 0 unspecified atom stereocenters. The van der Waals surface area contributed by atoms with E-state index in [9.17, 15) is 14.4 Å². The highest BCUT2D eigenvalue weighted by atomic mass is 16.2. The molecule has 7 nitrogen and oxygen atoms in total. The van der Waals surface area contributed by atoms with Crippen LogP contribution in [-0.4, -0.2) is 22.7 Å². The van der Waals surface area contributed by atoms with Gasteiger partial charge in [0.15, 0.2) is 0 Å². The molecule has 7 heteroatoms. The van der Waals surface area contributed by atoms with Crippen molar-refractivity contribution in [2.75, 3.05) is 5.32 Å². The molecule has 0 saturated heterocycles. The van der Waals surface area contributed by atoms with E-state index in [-0.39, 0.29) is 16.8 Å². The van der Waals surface area contributed by atoms with Gasteiger partial charge in [0.1, 0.15) is 0 Å². The second-order valence-corrected chi connectivity index (χ2v) is 4.22. The number of pyridine rings is 1. The van der Waals surface area contributed by atoms with Crippen LogP contribution in [0.2, 0.25) is 0 Å². The molecule has 1 aromatic heterocycles. The van der Waals surface area contributed by atoms with Crippen LogP contribution in [0.15, 0.2) is 42.7 Å². The number of primary amides is 2. The van der Waals surface area contributed by atoms with E-state index in [0.717, 1.165) is 0 Å². The monoisotopic (exact) mass is 284 g/mol. The predicted molar refractivity (Wildman–Crippen MR) is 75.7 cm³/mol. The van der Waals surface area contributed by atoms with Gasteiger partial charge in [0, 0.05) is 34.8 Å². The second kappa shape index (κ2) is 5.83. The number of hydrogen-bond acceptors (Lipinski definition) is 4. The summed E-state index contributed by atoms with van der Waals surface area (Å²) in [4.78, 5) is 38.3. The van der Waals surface area contributed by atoms with Gasteiger partial charge < -0.3 is 16.8 Å². The number of nitrogens with two attached hydrogens (primary N) is 2. The largest absolute Gasteiger partial charge is 0.366 e. The third-order valence-electron chi connectivity index (χ3n) is 2.70. The van der Waals surface area contributed by atoms with Gasteiger partial charge in [-0.05, 0) is 30.3 Å². The van der Waals surface area contributed by atoms with Crippen molar-refractivity contribution in [3.8, 4) is 0 Å². The first-order valence-electron chi connectivity index (χ1n) is 5.93. The van der Waals surface area contributed by atoms with Gasteiger partial charge in [-0.3, -0.25) is 19.4 Å². The lowest BCUT2D eigenvalue weighted by molar-refractivity contribution is 0.0994. The maximum Gasteiger partial charge on any atom is 0.255 e. The van der Waals surface area contributed by atoms with Crippen molar-refractivity contribution in [2.24, 2.45) is 11.5 Å². The molecule has 0 bridgehead atoms. The third-order valence-corrected chi connectivity index (χ3v) is 2.70. The summed E-state index contributed by atoms with van der Waals surface area (Å²) in [5.41, 5.74) is 11.2. The molecule has 0 aliphatic rings. The molecular weight excluding hydrogens is 272 g/mol. The Labute approximate surface area is 120 Å². The van der Waals surface area contributed by atoms with E-state index >= 15 is 0 Å². The van der Waals surface area contributed by atoms with Gasteiger partial charge in [0.25, 0.3) is 5.91 Å². The third kappa shape index (κ3) is 3.41. The molecule has 0 atom stereocenters. The molecule has 0 spiro atoms. The summed E-state index contributed by atoms with van der Waals surface area (Å²) in [5, 5.41) is 2.57. The average molecular weight is 284 g/mol. The first-order valence-corrected chi connectivity index (χ1v) is 5.93. The Kier molecular flexibility index (Phi) is 3.94. The second-order valence-electron chi connectivity index (χ2n) is 4.22. The van der Waals surface area contributed by atoms with Crippen molar-refractivity contribution in [2.45, 2.75) is 0 Å². The van der Waals surface area contributed by atoms with Gasteiger partial charge in [0.05, 0.1) is 0 Å². The molecule has 0 aliphatic heterocycles. The minimum Gasteiger partial charge on any atom is -0.366 e. The van der Waals surface area contributed by atoms with Crippen LogP contribution < -0.4 is 16.8 Å². The summed E-state index contributed by atoms with van der Waals surface area (Å²) in [6, 6.07) is 7.07. The minimum absolute atomic E-state index is 0.0799. The van der Waals surface area contributed by atoms with Crippen molar-refractivity contribution in [3.05, 3.63) is 59.4 Å². The number of amides is 3. The average Bonchev–Trinajstić information content (AvgIpc) is 2.47. The molecule has 5 N–H and O–H groups in total. The fourth-order valence-corrected chi connectivity index (χ4v) is 1.69. The van der Waals surface area contributed by atoms with Crippen molar-refractivity contribution < 1.29 is 14.4 Å². The summed E-state index contributed by atoms with van der Waals surface area (Å²) in [7, 11) is 0. The Morgan fingerprint density at radius 1 is 0.857 bits per heavy atom. The lowest BCUT2D eigenvalue weighted by atomic mass is 10.1. The summed E-state index contributed by atoms with van der Waals surface area (Å²) >= 11 is 0. The number of carbonyl (C=O) groups is 3. The summed E-state index contributed by atoms with van der Waals surface area (Å²) in [5.74, 6) is -1.86. The highest BCUT2D eigenvalue weighted by molar-refractivity contribution is 6.06. The fraction of sp³-hybridized carbons (Fsp3) is 0. The molecule has 2 rings (SSSR count). The zero-order chi connectivity index (χ0) is 15.4. The van der Waals surface area contributed by atoms with Crippen LogP contribution in [0, 0.1) is 0 Å². The highest BCUT2D eigenvalue weighted by Crippen LogP contribution is 2.16. The Morgan fingerprint density at radius 3 is 1.86 bits per heavy atom. The Balaban J connectivity index is 2.33. The molecule has 0 fully saturated rings. The molecular formula is C14H12N4O3. The number of rotatable bonds is 4. The van der Waals surface area contributed by atoms with E-state index in [0.29, 0.717) is 5.56 Å². The normalized spacial score (nSPS) is 9.90. The number of benzene rings is 1. The molecule has 1 aromatic carbocycles. The number of nitrogens with zero attached hydrogens (tertiary/aromatic N) is 1. The van der Waals surface area contributed by atoms with Crippen LogP contribution in [-0.2, 0) is 0 Å². The molecule has 0 radical (unpaired) electrons. The van der Waals surface area contributed by atoms with E-state index in [4.69, 9.17) is 11.5 Å². The van der Waals surface area contributed by atoms with E-state index in [1.165, 1.54) is 42.7 Å². The van der Waals surface area contributed by atoms with Crippen molar-refractivity contribution >= 4 is 23.4 Å². The van der Waals surface area contributed by atoms with Crippen LogP contribution in [0.4, 0.5) is 5.69 Å². The first-order chi connectivity index (χ1) is 9.97. The Hall–Kier alpha value is -3.22. The molecule has 1 heterocycles. The predicted octanol–water partition coefficient (Wildman–Crippen LogP) is 0.532. The van der Waals surface area contributed by atoms with Gasteiger partial charge in [-0.25, -0.2) is 0 Å². The van der Waals surface area contributed by atoms with Crippen LogP contribution in [0.3, 0.4) is 0 Å². The van der Waals surface area contributed by atoms with Crippen LogP contribution >= 0.6 is 0 Å². The van der Waals surface area contributed by atoms with Crippen LogP contribution in [0.1, 0.15) is 31.1 Å². The van der Waals surface area contributed by atoms with Gasteiger partial charge >= 0.3 is 0 Å². The minimum atomic E-state index is -0.725. The zero-order valence-electron chi connectivity index (χ0n) is 10.9. The van der Waals surface area contributed by atoms with Crippen molar-refractivity contribution in [1.82, 2.24) is 4.98 Å². The maximum atomic E-state index is 12.0. The number of nitrogens with one attached hydrogen (secondary N) is 1. The molecule has 106 valence electrons. The molecule has 0 aliphatic carbocycles. The molecule has 0 saturated carbocycles. The first kappa shape index (κ1) is 14.2. The summed E-state index contributed by atoms with van der Waals surface area (Å²) in [6.45, 7) is 0. The standard InChI is InChI=1S/C14H12N4O3/c15-12(19)9-5-10(13(16)20)7-11(6-9)18-14(21)8-1-3-17-4-2-8/h1-7H,(H2,15,19)(H2,16,20)(H,18,21). The van der Waals surface area contributed by atoms with Crippen LogP contribution in [0.25, 0.3) is 0 Å². The number of anilines is 1. The van der Waals surface area contributed by atoms with Gasteiger partial charge in [-0.1, -0.05) is 0 Å². The number of hydrogen-bond donors (Lipinski definition) is 3. The summed E-state index contributed by atoms with van der Waals surface area (Å²) in [6.07, 6.45) is 2.95. The maximum absolute atomic E-state index is 12.0. The van der Waals surface area contributed by atoms with Crippen molar-refractivity contribution in [3.63, 3.8) is 0 Å². The quantitative estimate of drug-likeness (QED) is 0.756. The number of carbonyl (C=O) groups excluding carboxylic acids is 3. The van der Waals surface area contributed by atoms with E-state index in [2.05, 4.69) is 10.3 Å². The Morgan fingerprint density at radius 2 is 1.38 bits per heavy atom. The summed E-state index contributed by atoms with van der Waals surface area (Å²) < 4.78 is 0. The van der Waals surface area contributed by atoms with E-state index in [1.54, 1.807) is 0 Å². The SMILES string of the molecule is NC(=O)c1cc(NC(=O)c2ccncc2)cc(C(N)=O)c1. The van der Waals surface area contributed by atoms with Gasteiger partial charge in [0.2, 0.25) is 11.8 Å². The number of aromatic nitrogens is 1. The molecule has 21 heavy (non-hydrogen) atoms. The Bertz CT molecular complexity index is 681.